The van der Waals surface area contributed by atoms with Gasteiger partial charge in [0.2, 0.25) is 0 Å². The van der Waals surface area contributed by atoms with E-state index in [1.54, 1.807) is 0 Å². The van der Waals surface area contributed by atoms with Gasteiger partial charge in [-0.1, -0.05) is 34.5 Å². The van der Waals surface area contributed by atoms with E-state index in [2.05, 4.69) is 52.1 Å². The van der Waals surface area contributed by atoms with Crippen LogP contribution in [0.4, 0.5) is 0 Å². The van der Waals surface area contributed by atoms with Crippen LogP contribution in [-0.4, -0.2) is 24.5 Å². The second kappa shape index (κ2) is 5.98. The van der Waals surface area contributed by atoms with Crippen molar-refractivity contribution < 1.29 is 0 Å². The molecular weight excluding hydrogens is 276 g/mol. The lowest BCUT2D eigenvalue weighted by Gasteiger charge is -2.23. The van der Waals surface area contributed by atoms with Gasteiger partial charge in [-0.25, -0.2) is 0 Å². The Kier molecular flexibility index (Phi) is 4.60. The van der Waals surface area contributed by atoms with Crippen molar-refractivity contribution in [1.82, 2.24) is 4.90 Å². The standard InChI is InChI=1S/C14H21BrN2/c1-17(10-12-3-2-4-14(12)16)9-11-5-7-13(15)8-6-11/h5-8,12,14H,2-4,9-10,16H2,1H3. The number of nitrogens with two attached hydrogens (primary N) is 1. The van der Waals surface area contributed by atoms with E-state index >= 15 is 0 Å². The van der Waals surface area contributed by atoms with Gasteiger partial charge in [-0.05, 0) is 43.5 Å². The molecule has 0 saturated heterocycles. The van der Waals surface area contributed by atoms with Crippen molar-refractivity contribution in [2.24, 2.45) is 11.7 Å². The maximum absolute atomic E-state index is 6.11. The Labute approximate surface area is 112 Å². The molecule has 0 aliphatic heterocycles. The molecule has 2 atom stereocenters. The van der Waals surface area contributed by atoms with Gasteiger partial charge in [0.05, 0.1) is 0 Å². The molecule has 94 valence electrons. The Hall–Kier alpha value is -0.380. The van der Waals surface area contributed by atoms with E-state index in [-0.39, 0.29) is 0 Å². The van der Waals surface area contributed by atoms with Gasteiger partial charge in [-0.2, -0.15) is 0 Å². The Morgan fingerprint density at radius 2 is 2.00 bits per heavy atom. The molecule has 1 aromatic carbocycles. The third-order valence-electron chi connectivity index (χ3n) is 3.63. The number of rotatable bonds is 4. The maximum Gasteiger partial charge on any atom is 0.0230 e. The molecule has 2 nitrogen and oxygen atoms in total. The Bertz CT molecular complexity index is 350. The SMILES string of the molecule is CN(Cc1ccc(Br)cc1)CC1CCCC1N. The van der Waals surface area contributed by atoms with Crippen molar-refractivity contribution in [3.63, 3.8) is 0 Å². The van der Waals surface area contributed by atoms with Crippen LogP contribution in [0, 0.1) is 5.92 Å². The first kappa shape index (κ1) is 13.1. The van der Waals surface area contributed by atoms with Crippen LogP contribution in [-0.2, 0) is 6.54 Å². The summed E-state index contributed by atoms with van der Waals surface area (Å²) in [6.45, 7) is 2.13. The summed E-state index contributed by atoms with van der Waals surface area (Å²) in [6, 6.07) is 8.97. The molecule has 0 radical (unpaired) electrons. The van der Waals surface area contributed by atoms with E-state index in [0.717, 1.165) is 17.6 Å². The highest BCUT2D eigenvalue weighted by Gasteiger charge is 2.24. The normalized spacial score (nSPS) is 24.5. The molecule has 0 spiro atoms. The minimum absolute atomic E-state index is 0.419. The summed E-state index contributed by atoms with van der Waals surface area (Å²) in [5.74, 6) is 0.690. The van der Waals surface area contributed by atoms with Crippen LogP contribution in [0.3, 0.4) is 0 Å². The molecule has 1 saturated carbocycles. The van der Waals surface area contributed by atoms with Crippen molar-refractivity contribution in [1.29, 1.82) is 0 Å². The summed E-state index contributed by atoms with van der Waals surface area (Å²) in [5, 5.41) is 0. The summed E-state index contributed by atoms with van der Waals surface area (Å²) in [6.07, 6.45) is 3.81. The largest absolute Gasteiger partial charge is 0.327 e. The highest BCUT2D eigenvalue weighted by Crippen LogP contribution is 2.25. The molecular formula is C14H21BrN2. The number of halogens is 1. The van der Waals surface area contributed by atoms with Crippen LogP contribution in [0.15, 0.2) is 28.7 Å². The lowest BCUT2D eigenvalue weighted by Crippen LogP contribution is -2.34. The fraction of sp³-hybridized carbons (Fsp3) is 0.571. The third kappa shape index (κ3) is 3.80. The molecule has 0 bridgehead atoms. The zero-order valence-electron chi connectivity index (χ0n) is 10.4. The number of hydrogen-bond acceptors (Lipinski definition) is 2. The molecule has 1 aromatic rings. The van der Waals surface area contributed by atoms with Gasteiger partial charge in [-0.3, -0.25) is 0 Å². The Morgan fingerprint density at radius 1 is 1.29 bits per heavy atom. The number of hydrogen-bond donors (Lipinski definition) is 1. The fourth-order valence-electron chi connectivity index (χ4n) is 2.66. The van der Waals surface area contributed by atoms with Gasteiger partial charge in [0.15, 0.2) is 0 Å². The highest BCUT2D eigenvalue weighted by atomic mass is 79.9. The molecule has 2 unspecified atom stereocenters. The lowest BCUT2D eigenvalue weighted by atomic mass is 10.0. The van der Waals surface area contributed by atoms with Gasteiger partial charge in [0.1, 0.15) is 0 Å². The monoisotopic (exact) mass is 296 g/mol. The molecule has 1 aliphatic rings. The average molecular weight is 297 g/mol. The van der Waals surface area contributed by atoms with Crippen LogP contribution >= 0.6 is 15.9 Å². The second-order valence-electron chi connectivity index (χ2n) is 5.18. The van der Waals surface area contributed by atoms with Crippen LogP contribution in [0.25, 0.3) is 0 Å². The highest BCUT2D eigenvalue weighted by molar-refractivity contribution is 9.10. The van der Waals surface area contributed by atoms with Gasteiger partial charge in [-0.15, -0.1) is 0 Å². The quantitative estimate of drug-likeness (QED) is 0.925. The molecule has 0 aromatic heterocycles. The minimum Gasteiger partial charge on any atom is -0.327 e. The second-order valence-corrected chi connectivity index (χ2v) is 6.09. The van der Waals surface area contributed by atoms with Crippen molar-refractivity contribution in [2.75, 3.05) is 13.6 Å². The summed E-state index contributed by atoms with van der Waals surface area (Å²) in [5.41, 5.74) is 7.47. The van der Waals surface area contributed by atoms with Crippen molar-refractivity contribution in [3.05, 3.63) is 34.3 Å². The first-order chi connectivity index (χ1) is 8.15. The number of nitrogens with zero attached hydrogens (tertiary/aromatic N) is 1. The lowest BCUT2D eigenvalue weighted by molar-refractivity contribution is 0.259. The topological polar surface area (TPSA) is 29.3 Å². The van der Waals surface area contributed by atoms with Crippen LogP contribution in [0.1, 0.15) is 24.8 Å². The van der Waals surface area contributed by atoms with Gasteiger partial charge < -0.3 is 10.6 Å². The fourth-order valence-corrected chi connectivity index (χ4v) is 2.92. The zero-order chi connectivity index (χ0) is 12.3. The van der Waals surface area contributed by atoms with Crippen molar-refractivity contribution in [2.45, 2.75) is 31.8 Å². The number of benzene rings is 1. The molecule has 2 rings (SSSR count). The zero-order valence-corrected chi connectivity index (χ0v) is 12.0. The predicted molar refractivity (Wildman–Crippen MR) is 75.8 cm³/mol. The van der Waals surface area contributed by atoms with Crippen LogP contribution in [0.2, 0.25) is 0 Å². The smallest absolute Gasteiger partial charge is 0.0230 e. The molecule has 1 aliphatic carbocycles. The van der Waals surface area contributed by atoms with E-state index in [1.807, 2.05) is 0 Å². The van der Waals surface area contributed by atoms with E-state index < -0.39 is 0 Å². The molecule has 3 heteroatoms. The van der Waals surface area contributed by atoms with E-state index in [1.165, 1.54) is 24.8 Å². The summed E-state index contributed by atoms with van der Waals surface area (Å²) in [4.78, 5) is 2.39. The maximum atomic E-state index is 6.11. The molecule has 2 N–H and O–H groups in total. The van der Waals surface area contributed by atoms with Gasteiger partial charge in [0, 0.05) is 23.6 Å². The summed E-state index contributed by atoms with van der Waals surface area (Å²) < 4.78 is 1.14. The predicted octanol–water partition coefficient (Wildman–Crippen LogP) is 3.01. The average Bonchev–Trinajstić information content (AvgIpc) is 2.68. The van der Waals surface area contributed by atoms with Gasteiger partial charge in [0.25, 0.3) is 0 Å². The van der Waals surface area contributed by atoms with E-state index in [9.17, 15) is 0 Å². The van der Waals surface area contributed by atoms with E-state index in [0.29, 0.717) is 12.0 Å². The molecule has 0 heterocycles. The Balaban J connectivity index is 1.84. The molecule has 0 amide bonds. The summed E-state index contributed by atoms with van der Waals surface area (Å²) in [7, 11) is 2.19. The molecule has 17 heavy (non-hydrogen) atoms. The van der Waals surface area contributed by atoms with E-state index in [4.69, 9.17) is 5.73 Å². The van der Waals surface area contributed by atoms with Gasteiger partial charge >= 0.3 is 0 Å². The molecule has 1 fully saturated rings. The Morgan fingerprint density at radius 3 is 2.59 bits per heavy atom. The first-order valence-corrected chi connectivity index (χ1v) is 7.13. The summed E-state index contributed by atoms with van der Waals surface area (Å²) >= 11 is 3.46. The third-order valence-corrected chi connectivity index (χ3v) is 4.16. The van der Waals surface area contributed by atoms with Crippen molar-refractivity contribution >= 4 is 15.9 Å². The van der Waals surface area contributed by atoms with Crippen molar-refractivity contribution in [3.8, 4) is 0 Å². The van der Waals surface area contributed by atoms with Crippen LogP contribution in [0.5, 0.6) is 0 Å². The first-order valence-electron chi connectivity index (χ1n) is 6.33. The minimum atomic E-state index is 0.419. The van der Waals surface area contributed by atoms with Crippen LogP contribution < -0.4 is 5.73 Å².